The van der Waals surface area contributed by atoms with Gasteiger partial charge in [0.05, 0.1) is 5.69 Å². The minimum absolute atomic E-state index is 0.0728. The molecule has 100 valence electrons. The van der Waals surface area contributed by atoms with E-state index in [0.717, 1.165) is 22.1 Å². The summed E-state index contributed by atoms with van der Waals surface area (Å²) < 4.78 is 7.45. The van der Waals surface area contributed by atoms with E-state index in [1.165, 1.54) is 11.8 Å². The minimum atomic E-state index is 0.0728. The number of aryl methyl sites for hydroxylation is 1. The molecule has 0 spiro atoms. The molecule has 0 saturated heterocycles. The summed E-state index contributed by atoms with van der Waals surface area (Å²) in [7, 11) is 0. The van der Waals surface area contributed by atoms with Gasteiger partial charge >= 0.3 is 0 Å². The molecule has 3 heterocycles. The number of fused-ring (bicyclic) bond motifs is 1. The number of thiazole rings is 1. The molecule has 8 heteroatoms. The quantitative estimate of drug-likeness (QED) is 0.794. The highest BCUT2D eigenvalue weighted by atomic mass is 32.2. The standard InChI is InChI=1S/C11H13N5OS2/c1-6(12)5-8-9(13-10-16(8)3-4-18-10)19-11-15-14-7(2)17-11/h3-4,6H,5,12H2,1-2H3. The number of rotatable bonds is 4. The molecule has 0 amide bonds. The van der Waals surface area contributed by atoms with Gasteiger partial charge in [-0.05, 0) is 18.7 Å². The fourth-order valence-corrected chi connectivity index (χ4v) is 3.42. The number of nitrogens with two attached hydrogens (primary N) is 1. The Morgan fingerprint density at radius 2 is 2.37 bits per heavy atom. The molecule has 0 aromatic carbocycles. The summed E-state index contributed by atoms with van der Waals surface area (Å²) in [5, 5.41) is 11.2. The lowest BCUT2D eigenvalue weighted by Crippen LogP contribution is -2.19. The molecule has 3 aromatic rings. The lowest BCUT2D eigenvalue weighted by molar-refractivity contribution is 0.429. The Labute approximate surface area is 118 Å². The minimum Gasteiger partial charge on any atom is -0.416 e. The maximum atomic E-state index is 5.91. The van der Waals surface area contributed by atoms with Crippen molar-refractivity contribution in [2.75, 3.05) is 0 Å². The van der Waals surface area contributed by atoms with Crippen LogP contribution in [0.3, 0.4) is 0 Å². The number of imidazole rings is 1. The summed E-state index contributed by atoms with van der Waals surface area (Å²) >= 11 is 2.98. The molecule has 0 aliphatic carbocycles. The van der Waals surface area contributed by atoms with Gasteiger partial charge < -0.3 is 10.2 Å². The van der Waals surface area contributed by atoms with Crippen LogP contribution in [-0.4, -0.2) is 25.6 Å². The van der Waals surface area contributed by atoms with E-state index in [9.17, 15) is 0 Å². The molecule has 3 aromatic heterocycles. The predicted octanol–water partition coefficient (Wildman–Crippen LogP) is 2.13. The van der Waals surface area contributed by atoms with Gasteiger partial charge in [-0.25, -0.2) is 4.98 Å². The monoisotopic (exact) mass is 295 g/mol. The highest BCUT2D eigenvalue weighted by Crippen LogP contribution is 2.31. The smallest absolute Gasteiger partial charge is 0.282 e. The van der Waals surface area contributed by atoms with Gasteiger partial charge in [-0.15, -0.1) is 21.5 Å². The Hall–Kier alpha value is -1.38. The van der Waals surface area contributed by atoms with Crippen LogP contribution in [0.1, 0.15) is 18.5 Å². The molecule has 0 radical (unpaired) electrons. The molecule has 0 aliphatic rings. The largest absolute Gasteiger partial charge is 0.416 e. The summed E-state index contributed by atoms with van der Waals surface area (Å²) in [5.41, 5.74) is 7.00. The molecule has 19 heavy (non-hydrogen) atoms. The Morgan fingerprint density at radius 1 is 1.53 bits per heavy atom. The molecule has 6 nitrogen and oxygen atoms in total. The van der Waals surface area contributed by atoms with Crippen molar-refractivity contribution in [3.8, 4) is 0 Å². The topological polar surface area (TPSA) is 82.2 Å². The zero-order chi connectivity index (χ0) is 13.4. The van der Waals surface area contributed by atoms with Crippen molar-refractivity contribution in [1.29, 1.82) is 0 Å². The summed E-state index contributed by atoms with van der Waals surface area (Å²) in [6.45, 7) is 3.75. The van der Waals surface area contributed by atoms with E-state index in [1.807, 2.05) is 18.5 Å². The molecular weight excluding hydrogens is 282 g/mol. The molecule has 0 aliphatic heterocycles. The summed E-state index contributed by atoms with van der Waals surface area (Å²) in [4.78, 5) is 5.54. The fraction of sp³-hybridized carbons (Fsp3) is 0.364. The highest BCUT2D eigenvalue weighted by Gasteiger charge is 2.17. The van der Waals surface area contributed by atoms with E-state index >= 15 is 0 Å². The maximum absolute atomic E-state index is 5.91. The second-order valence-corrected chi connectivity index (χ2v) is 6.10. The number of aromatic nitrogens is 4. The van der Waals surface area contributed by atoms with E-state index < -0.39 is 0 Å². The summed E-state index contributed by atoms with van der Waals surface area (Å²) in [6.07, 6.45) is 2.77. The zero-order valence-electron chi connectivity index (χ0n) is 10.5. The van der Waals surface area contributed by atoms with E-state index in [2.05, 4.69) is 19.6 Å². The predicted molar refractivity (Wildman–Crippen MR) is 73.6 cm³/mol. The molecule has 2 N–H and O–H groups in total. The lowest BCUT2D eigenvalue weighted by Gasteiger charge is -2.05. The van der Waals surface area contributed by atoms with Crippen molar-refractivity contribution >= 4 is 28.1 Å². The number of hydrogen-bond acceptors (Lipinski definition) is 7. The first-order chi connectivity index (χ1) is 9.13. The van der Waals surface area contributed by atoms with Crippen molar-refractivity contribution in [2.24, 2.45) is 5.73 Å². The third-order valence-electron chi connectivity index (χ3n) is 2.53. The van der Waals surface area contributed by atoms with Gasteiger partial charge in [0.25, 0.3) is 5.22 Å². The molecule has 1 atom stereocenters. The highest BCUT2D eigenvalue weighted by molar-refractivity contribution is 7.99. The van der Waals surface area contributed by atoms with Gasteiger partial charge in [0.2, 0.25) is 5.89 Å². The third-order valence-corrected chi connectivity index (χ3v) is 4.15. The van der Waals surface area contributed by atoms with Crippen LogP contribution in [0, 0.1) is 6.92 Å². The van der Waals surface area contributed by atoms with Crippen molar-refractivity contribution in [3.05, 3.63) is 23.2 Å². The van der Waals surface area contributed by atoms with Gasteiger partial charge in [0, 0.05) is 31.0 Å². The normalized spacial score (nSPS) is 13.2. The molecule has 0 saturated carbocycles. The van der Waals surface area contributed by atoms with Gasteiger partial charge in [0.15, 0.2) is 4.96 Å². The Kier molecular flexibility index (Phi) is 3.29. The van der Waals surface area contributed by atoms with Crippen molar-refractivity contribution in [1.82, 2.24) is 19.6 Å². The first-order valence-corrected chi connectivity index (χ1v) is 7.51. The van der Waals surface area contributed by atoms with E-state index in [1.54, 1.807) is 18.3 Å². The summed E-state index contributed by atoms with van der Waals surface area (Å²) in [6, 6.07) is 0.0728. The van der Waals surface area contributed by atoms with Crippen LogP contribution in [0.5, 0.6) is 0 Å². The molecular formula is C11H13N5OS2. The van der Waals surface area contributed by atoms with Crippen molar-refractivity contribution in [3.63, 3.8) is 0 Å². The average Bonchev–Trinajstić information content (AvgIpc) is 2.99. The van der Waals surface area contributed by atoms with Crippen LogP contribution >= 0.6 is 23.1 Å². The Bertz CT molecular complexity index is 699. The molecule has 0 bridgehead atoms. The van der Waals surface area contributed by atoms with Gasteiger partial charge in [-0.1, -0.05) is 0 Å². The van der Waals surface area contributed by atoms with Crippen LogP contribution in [0.25, 0.3) is 4.96 Å². The van der Waals surface area contributed by atoms with E-state index in [4.69, 9.17) is 10.2 Å². The average molecular weight is 295 g/mol. The zero-order valence-corrected chi connectivity index (χ0v) is 12.2. The van der Waals surface area contributed by atoms with E-state index in [0.29, 0.717) is 11.1 Å². The van der Waals surface area contributed by atoms with Gasteiger partial charge in [-0.3, -0.25) is 4.40 Å². The second-order valence-electron chi connectivity index (χ2n) is 4.29. The fourth-order valence-electron chi connectivity index (χ4n) is 1.79. The van der Waals surface area contributed by atoms with E-state index in [-0.39, 0.29) is 6.04 Å². The number of hydrogen-bond donors (Lipinski definition) is 1. The lowest BCUT2D eigenvalue weighted by atomic mass is 10.2. The Balaban J connectivity index is 1.99. The molecule has 1 unspecified atom stereocenters. The van der Waals surface area contributed by atoms with Crippen molar-refractivity contribution < 1.29 is 4.42 Å². The van der Waals surface area contributed by atoms with Crippen LogP contribution in [-0.2, 0) is 6.42 Å². The summed E-state index contributed by atoms with van der Waals surface area (Å²) in [5.74, 6) is 0.553. The van der Waals surface area contributed by atoms with Crippen LogP contribution < -0.4 is 5.73 Å². The Morgan fingerprint density at radius 3 is 3.05 bits per heavy atom. The van der Waals surface area contributed by atoms with Crippen LogP contribution in [0.2, 0.25) is 0 Å². The third kappa shape index (κ3) is 2.51. The first kappa shape index (κ1) is 12.6. The molecule has 0 fully saturated rings. The SMILES string of the molecule is Cc1nnc(Sc2nc3sccn3c2CC(C)N)o1. The van der Waals surface area contributed by atoms with Gasteiger partial charge in [0.1, 0.15) is 5.03 Å². The van der Waals surface area contributed by atoms with Crippen molar-refractivity contribution in [2.45, 2.75) is 36.6 Å². The molecule has 3 rings (SSSR count). The van der Waals surface area contributed by atoms with Crippen LogP contribution in [0.15, 0.2) is 26.2 Å². The number of nitrogens with zero attached hydrogens (tertiary/aromatic N) is 4. The first-order valence-electron chi connectivity index (χ1n) is 5.81. The van der Waals surface area contributed by atoms with Crippen LogP contribution in [0.4, 0.5) is 0 Å². The maximum Gasteiger partial charge on any atom is 0.282 e. The second kappa shape index (κ2) is 4.95. The van der Waals surface area contributed by atoms with Gasteiger partial charge in [-0.2, -0.15) is 0 Å².